The average molecular weight is 838 g/mol. The lowest BCUT2D eigenvalue weighted by atomic mass is 9.97. The second-order valence-corrected chi connectivity index (χ2v) is 16.5. The summed E-state index contributed by atoms with van der Waals surface area (Å²) in [5.41, 5.74) is 9.67. The van der Waals surface area contributed by atoms with Crippen LogP contribution in [0, 0.1) is 5.95 Å². The number of pyridine rings is 1. The molecule has 60 heavy (non-hydrogen) atoms. The first-order chi connectivity index (χ1) is 29.4. The summed E-state index contributed by atoms with van der Waals surface area (Å²) >= 11 is 0. The van der Waals surface area contributed by atoms with Crippen LogP contribution in [0.15, 0.2) is 145 Å². The van der Waals surface area contributed by atoms with E-state index in [0.717, 1.165) is 41.3 Å². The first-order valence-electron chi connectivity index (χ1n) is 20.4. The number of aromatic nitrogens is 2. The minimum atomic E-state index is -3.87. The van der Waals surface area contributed by atoms with E-state index in [1.807, 2.05) is 78.9 Å². The first-order valence-corrected chi connectivity index (χ1v) is 21.8. The molecule has 7 rings (SSSR count). The van der Waals surface area contributed by atoms with Gasteiger partial charge in [0.1, 0.15) is 24.4 Å². The fraction of sp³-hybridized carbons (Fsp3) is 0.340. The Labute approximate surface area is 351 Å². The second kappa shape index (κ2) is 21.6. The minimum absolute atomic E-state index is 0.104. The largest absolute Gasteiger partial charge is 0.379 e. The third kappa shape index (κ3) is 11.3. The van der Waals surface area contributed by atoms with E-state index in [2.05, 4.69) is 4.98 Å². The number of nitrogens with two attached hydrogens (primary N) is 1. The Kier molecular flexibility index (Phi) is 15.6. The average Bonchev–Trinajstić information content (AvgIpc) is 3.67. The van der Waals surface area contributed by atoms with Gasteiger partial charge < -0.3 is 34.2 Å². The summed E-state index contributed by atoms with van der Waals surface area (Å²) in [5.74, 6) is -0.582. The normalized spacial score (nSPS) is 19.5. The van der Waals surface area contributed by atoms with Crippen LogP contribution in [0.4, 0.5) is 4.39 Å². The molecular weight excluding hydrogens is 786 g/mol. The van der Waals surface area contributed by atoms with Crippen LogP contribution < -0.4 is 5.73 Å². The lowest BCUT2D eigenvalue weighted by Gasteiger charge is -2.46. The summed E-state index contributed by atoms with van der Waals surface area (Å²) in [6, 6.07) is 38.4. The second-order valence-electron chi connectivity index (χ2n) is 14.7. The first kappa shape index (κ1) is 43.3. The number of fused-ring (bicyclic) bond motifs is 1. The van der Waals surface area contributed by atoms with Gasteiger partial charge in [-0.1, -0.05) is 103 Å². The van der Waals surface area contributed by atoms with E-state index in [0.29, 0.717) is 30.7 Å². The van der Waals surface area contributed by atoms with Crippen molar-refractivity contribution in [3.8, 4) is 0 Å². The van der Waals surface area contributed by atoms with Gasteiger partial charge >= 0.3 is 0 Å². The number of unbranched alkanes of at least 4 members (excludes halogenated alkanes) is 2. The van der Waals surface area contributed by atoms with Gasteiger partial charge in [-0.25, -0.2) is 17.4 Å². The van der Waals surface area contributed by atoms with Crippen molar-refractivity contribution in [2.75, 3.05) is 26.4 Å². The smallest absolute Gasteiger partial charge is 0.268 e. The predicted octanol–water partition coefficient (Wildman–Crippen LogP) is 7.60. The van der Waals surface area contributed by atoms with Crippen LogP contribution in [-0.4, -0.2) is 74.4 Å². The molecule has 0 aliphatic carbocycles. The van der Waals surface area contributed by atoms with Crippen LogP contribution in [0.1, 0.15) is 41.5 Å². The Bertz CT molecular complexity index is 2300. The summed E-state index contributed by atoms with van der Waals surface area (Å²) in [7, 11) is -3.87. The highest BCUT2D eigenvalue weighted by molar-refractivity contribution is 7.90. The van der Waals surface area contributed by atoms with Crippen LogP contribution >= 0.6 is 0 Å². The van der Waals surface area contributed by atoms with Gasteiger partial charge in [0.25, 0.3) is 10.0 Å². The van der Waals surface area contributed by atoms with Gasteiger partial charge in [-0.3, -0.25) is 0 Å². The van der Waals surface area contributed by atoms with E-state index in [1.54, 1.807) is 48.7 Å². The van der Waals surface area contributed by atoms with Crippen molar-refractivity contribution in [2.24, 2.45) is 5.73 Å². The zero-order chi connectivity index (χ0) is 41.6. The molecule has 0 saturated carbocycles. The van der Waals surface area contributed by atoms with Crippen molar-refractivity contribution in [1.29, 1.82) is 0 Å². The fourth-order valence-electron chi connectivity index (χ4n) is 7.26. The Hall–Kier alpha value is -4.83. The molecule has 5 atom stereocenters. The fourth-order valence-corrected chi connectivity index (χ4v) is 8.68. The quantitative estimate of drug-likeness (QED) is 0.0539. The molecule has 6 aromatic rings. The molecule has 2 N–H and O–H groups in total. The van der Waals surface area contributed by atoms with Crippen LogP contribution in [-0.2, 0) is 64.7 Å². The Morgan fingerprint density at radius 1 is 0.667 bits per heavy atom. The molecule has 316 valence electrons. The molecule has 0 radical (unpaired) electrons. The number of para-hydroxylation sites is 1. The van der Waals surface area contributed by atoms with E-state index < -0.39 is 46.7 Å². The standard InChI is InChI=1S/C47H52FN3O8S/c48-43-24-23-37(29-50-43)33-56-44-42(34-54-27-14-4-13-26-49)59-47(46(58-32-36-17-7-2-8-18-36)45(44)57-31-35-15-5-1-6-16-35)55-28-25-38-30-51(41-22-12-11-21-40(38)41)60(52,53)39-19-9-3-10-20-39/h1-3,5-12,15-24,29-30,42,44-47H,4,13-14,25-28,31-34,49H2/t42-,44-,45+,46-,47-/m1/s1. The summed E-state index contributed by atoms with van der Waals surface area (Å²) < 4.78 is 82.6. The van der Waals surface area contributed by atoms with Crippen LogP contribution in [0.5, 0.6) is 0 Å². The highest BCUT2D eigenvalue weighted by atomic mass is 32.2. The lowest BCUT2D eigenvalue weighted by Crippen LogP contribution is -2.61. The molecule has 1 fully saturated rings. The minimum Gasteiger partial charge on any atom is -0.379 e. The number of halogens is 1. The van der Waals surface area contributed by atoms with Gasteiger partial charge in [-0.05, 0) is 78.7 Å². The summed E-state index contributed by atoms with van der Waals surface area (Å²) in [6.45, 7) is 2.06. The van der Waals surface area contributed by atoms with Gasteiger partial charge in [-0.15, -0.1) is 0 Å². The van der Waals surface area contributed by atoms with Crippen molar-refractivity contribution in [3.05, 3.63) is 168 Å². The third-order valence-corrected chi connectivity index (χ3v) is 12.1. The van der Waals surface area contributed by atoms with Gasteiger partial charge in [0.2, 0.25) is 5.95 Å². The van der Waals surface area contributed by atoms with Crippen LogP contribution in [0.2, 0.25) is 0 Å². The maximum absolute atomic E-state index is 13.8. The maximum Gasteiger partial charge on any atom is 0.268 e. The van der Waals surface area contributed by atoms with E-state index >= 15 is 0 Å². The van der Waals surface area contributed by atoms with E-state index in [9.17, 15) is 12.8 Å². The van der Waals surface area contributed by atoms with Gasteiger partial charge in [0, 0.05) is 24.4 Å². The zero-order valence-corrected chi connectivity index (χ0v) is 34.3. The van der Waals surface area contributed by atoms with E-state index in [4.69, 9.17) is 34.2 Å². The highest BCUT2D eigenvalue weighted by Crippen LogP contribution is 2.33. The lowest BCUT2D eigenvalue weighted by molar-refractivity contribution is -0.328. The number of rotatable bonds is 22. The summed E-state index contributed by atoms with van der Waals surface area (Å²) in [6.07, 6.45) is 2.36. The molecule has 1 aliphatic rings. The van der Waals surface area contributed by atoms with Gasteiger partial charge in [-0.2, -0.15) is 4.39 Å². The van der Waals surface area contributed by atoms with E-state index in [-0.39, 0.29) is 37.9 Å². The SMILES string of the molecule is NCCCCCOC[C@H]1O[C@@H](OCCc2cn(S(=O)(=O)c3ccccc3)c3ccccc23)[C@H](OCc2ccccc2)[C@@H](OCc2ccccc2)[C@@H]1OCc1ccc(F)nc1. The van der Waals surface area contributed by atoms with Crippen molar-refractivity contribution < 1.29 is 41.2 Å². The molecule has 1 aliphatic heterocycles. The number of ether oxygens (including phenoxy) is 6. The molecule has 2 aromatic heterocycles. The Morgan fingerprint density at radius 3 is 1.98 bits per heavy atom. The molecule has 3 heterocycles. The predicted molar refractivity (Wildman–Crippen MR) is 226 cm³/mol. The molecular formula is C47H52FN3O8S. The monoisotopic (exact) mass is 837 g/mol. The molecule has 0 spiro atoms. The number of hydrogen-bond acceptors (Lipinski definition) is 10. The van der Waals surface area contributed by atoms with Gasteiger partial charge in [0.15, 0.2) is 6.29 Å². The van der Waals surface area contributed by atoms with E-state index in [1.165, 1.54) is 16.2 Å². The molecule has 0 bridgehead atoms. The topological polar surface area (TPSA) is 133 Å². The number of benzene rings is 4. The Balaban J connectivity index is 1.18. The van der Waals surface area contributed by atoms with Crippen molar-refractivity contribution in [2.45, 2.75) is 81.1 Å². The molecule has 13 heteroatoms. The zero-order valence-electron chi connectivity index (χ0n) is 33.5. The van der Waals surface area contributed by atoms with Crippen molar-refractivity contribution in [1.82, 2.24) is 8.96 Å². The van der Waals surface area contributed by atoms with Crippen molar-refractivity contribution in [3.63, 3.8) is 0 Å². The molecule has 1 saturated heterocycles. The van der Waals surface area contributed by atoms with Crippen LogP contribution in [0.3, 0.4) is 0 Å². The van der Waals surface area contributed by atoms with Crippen molar-refractivity contribution >= 4 is 20.9 Å². The number of nitrogens with zero attached hydrogens (tertiary/aromatic N) is 2. The summed E-state index contributed by atoms with van der Waals surface area (Å²) in [4.78, 5) is 4.02. The third-order valence-electron chi connectivity index (χ3n) is 10.4. The molecule has 4 aromatic carbocycles. The van der Waals surface area contributed by atoms with Crippen LogP contribution in [0.25, 0.3) is 10.9 Å². The van der Waals surface area contributed by atoms with Gasteiger partial charge in [0.05, 0.1) is 43.4 Å². The molecule has 0 unspecified atom stereocenters. The summed E-state index contributed by atoms with van der Waals surface area (Å²) in [5, 5.41) is 0.802. The molecule has 11 nitrogen and oxygen atoms in total. The number of hydrogen-bond donors (Lipinski definition) is 1. The maximum atomic E-state index is 13.8. The highest BCUT2D eigenvalue weighted by Gasteiger charge is 2.49. The Morgan fingerprint density at radius 2 is 1.30 bits per heavy atom. The molecule has 0 amide bonds.